The summed E-state index contributed by atoms with van der Waals surface area (Å²) in [5, 5.41) is 0. The zero-order valence-electron chi connectivity index (χ0n) is 11.0. The number of hydrogen-bond donors (Lipinski definition) is 1. The average Bonchev–Trinajstić information content (AvgIpc) is 2.82. The number of ether oxygens (including phenoxy) is 1. The lowest BCUT2D eigenvalue weighted by Gasteiger charge is -2.27. The Morgan fingerprint density at radius 3 is 2.70 bits per heavy atom. The molecule has 1 heterocycles. The van der Waals surface area contributed by atoms with Crippen LogP contribution in [0.25, 0.3) is 11.0 Å². The molecule has 0 bridgehead atoms. The van der Waals surface area contributed by atoms with Crippen LogP contribution in [0.5, 0.6) is 5.75 Å². The predicted molar refractivity (Wildman–Crippen MR) is 71.8 cm³/mol. The fourth-order valence-corrected chi connectivity index (χ4v) is 2.86. The summed E-state index contributed by atoms with van der Waals surface area (Å²) in [4.78, 5) is 4.29. The highest BCUT2D eigenvalue weighted by Crippen LogP contribution is 2.31. The van der Waals surface area contributed by atoms with Crippen LogP contribution in [0.2, 0.25) is 0 Å². The number of rotatable bonds is 3. The summed E-state index contributed by atoms with van der Waals surface area (Å²) in [6.45, 7) is -2.81. The molecule has 0 amide bonds. The number of nitrogens with zero attached hydrogens (tertiary/aromatic N) is 2. The van der Waals surface area contributed by atoms with E-state index in [0.717, 1.165) is 31.2 Å². The molecule has 0 aliphatic heterocycles. The van der Waals surface area contributed by atoms with Gasteiger partial charge in [0.1, 0.15) is 5.75 Å². The van der Waals surface area contributed by atoms with Crippen LogP contribution in [0.1, 0.15) is 31.7 Å². The van der Waals surface area contributed by atoms with Crippen molar-refractivity contribution in [3.8, 4) is 5.75 Å². The molecule has 1 aliphatic carbocycles. The van der Waals surface area contributed by atoms with Crippen LogP contribution in [0.15, 0.2) is 24.5 Å². The monoisotopic (exact) mass is 281 g/mol. The Hall–Kier alpha value is -1.69. The van der Waals surface area contributed by atoms with Gasteiger partial charge in [0.05, 0.1) is 17.4 Å². The number of aromatic nitrogens is 2. The number of benzene rings is 1. The van der Waals surface area contributed by atoms with E-state index in [2.05, 4.69) is 14.3 Å². The van der Waals surface area contributed by atoms with Crippen molar-refractivity contribution in [2.45, 2.75) is 44.4 Å². The van der Waals surface area contributed by atoms with E-state index in [4.69, 9.17) is 5.73 Å². The maximum atomic E-state index is 12.2. The maximum absolute atomic E-state index is 12.2. The molecule has 1 fully saturated rings. The maximum Gasteiger partial charge on any atom is 0.387 e. The van der Waals surface area contributed by atoms with Crippen LogP contribution < -0.4 is 10.5 Å². The molecule has 0 unspecified atom stereocenters. The number of alkyl halides is 2. The van der Waals surface area contributed by atoms with Crippen LogP contribution in [0.3, 0.4) is 0 Å². The Kier molecular flexibility index (Phi) is 3.56. The molecule has 0 saturated heterocycles. The number of imidazole rings is 1. The number of fused-ring (bicyclic) bond motifs is 1. The number of hydrogen-bond acceptors (Lipinski definition) is 3. The lowest BCUT2D eigenvalue weighted by atomic mass is 9.91. The number of nitrogens with two attached hydrogens (primary N) is 1. The van der Waals surface area contributed by atoms with E-state index in [0.29, 0.717) is 17.6 Å². The van der Waals surface area contributed by atoms with Crippen molar-refractivity contribution < 1.29 is 13.5 Å². The van der Waals surface area contributed by atoms with Crippen LogP contribution in [-0.2, 0) is 0 Å². The average molecular weight is 281 g/mol. The van der Waals surface area contributed by atoms with Crippen LogP contribution in [-0.4, -0.2) is 22.2 Å². The third kappa shape index (κ3) is 2.60. The molecule has 1 aromatic carbocycles. The van der Waals surface area contributed by atoms with Crippen molar-refractivity contribution in [3.63, 3.8) is 0 Å². The summed E-state index contributed by atoms with van der Waals surface area (Å²) in [6, 6.07) is 5.58. The third-order valence-corrected chi connectivity index (χ3v) is 3.91. The van der Waals surface area contributed by atoms with Gasteiger partial charge in [0.2, 0.25) is 0 Å². The van der Waals surface area contributed by atoms with Gasteiger partial charge in [-0.15, -0.1) is 0 Å². The molecule has 1 saturated carbocycles. The van der Waals surface area contributed by atoms with E-state index in [-0.39, 0.29) is 5.75 Å². The topological polar surface area (TPSA) is 53.1 Å². The van der Waals surface area contributed by atoms with E-state index < -0.39 is 6.61 Å². The number of halogens is 2. The molecular formula is C14H17F2N3O. The molecular weight excluding hydrogens is 264 g/mol. The molecule has 108 valence electrons. The van der Waals surface area contributed by atoms with Crippen LogP contribution in [0.4, 0.5) is 8.78 Å². The van der Waals surface area contributed by atoms with E-state index >= 15 is 0 Å². The fourth-order valence-electron chi connectivity index (χ4n) is 2.86. The summed E-state index contributed by atoms with van der Waals surface area (Å²) < 4.78 is 30.9. The van der Waals surface area contributed by atoms with Crippen molar-refractivity contribution in [2.75, 3.05) is 0 Å². The minimum Gasteiger partial charge on any atom is -0.435 e. The van der Waals surface area contributed by atoms with Crippen molar-refractivity contribution in [3.05, 3.63) is 24.5 Å². The van der Waals surface area contributed by atoms with Crippen molar-refractivity contribution in [1.29, 1.82) is 0 Å². The molecule has 20 heavy (non-hydrogen) atoms. The van der Waals surface area contributed by atoms with Gasteiger partial charge in [-0.3, -0.25) is 0 Å². The van der Waals surface area contributed by atoms with Gasteiger partial charge in [0.25, 0.3) is 0 Å². The summed E-state index contributed by atoms with van der Waals surface area (Å²) in [7, 11) is 0. The highest BCUT2D eigenvalue weighted by atomic mass is 19.3. The minimum absolute atomic E-state index is 0.142. The van der Waals surface area contributed by atoms with Crippen LogP contribution >= 0.6 is 0 Å². The summed E-state index contributed by atoms with van der Waals surface area (Å²) >= 11 is 0. The molecule has 1 aliphatic rings. The molecule has 6 heteroatoms. The molecule has 0 atom stereocenters. The third-order valence-electron chi connectivity index (χ3n) is 3.91. The molecule has 0 spiro atoms. The van der Waals surface area contributed by atoms with Gasteiger partial charge in [-0.05, 0) is 37.8 Å². The Morgan fingerprint density at radius 1 is 1.25 bits per heavy atom. The van der Waals surface area contributed by atoms with E-state index in [9.17, 15) is 8.78 Å². The van der Waals surface area contributed by atoms with Crippen molar-refractivity contribution >= 4 is 11.0 Å². The second-order valence-corrected chi connectivity index (χ2v) is 5.25. The Balaban J connectivity index is 1.86. The largest absolute Gasteiger partial charge is 0.435 e. The van der Waals surface area contributed by atoms with Gasteiger partial charge in [0.15, 0.2) is 0 Å². The normalized spacial score (nSPS) is 23.4. The van der Waals surface area contributed by atoms with Crippen molar-refractivity contribution in [2.24, 2.45) is 5.73 Å². The highest BCUT2D eigenvalue weighted by Gasteiger charge is 2.21. The summed E-state index contributed by atoms with van der Waals surface area (Å²) in [6.07, 6.45) is 5.86. The molecule has 4 nitrogen and oxygen atoms in total. The Morgan fingerprint density at radius 2 is 2.00 bits per heavy atom. The Bertz CT molecular complexity index is 591. The zero-order valence-corrected chi connectivity index (χ0v) is 11.0. The highest BCUT2D eigenvalue weighted by molar-refractivity contribution is 5.77. The predicted octanol–water partition coefficient (Wildman–Crippen LogP) is 3.08. The first-order valence-corrected chi connectivity index (χ1v) is 6.80. The first-order valence-electron chi connectivity index (χ1n) is 6.80. The lowest BCUT2D eigenvalue weighted by Crippen LogP contribution is -2.27. The van der Waals surface area contributed by atoms with E-state index in [1.54, 1.807) is 24.5 Å². The van der Waals surface area contributed by atoms with Gasteiger partial charge in [-0.1, -0.05) is 0 Å². The first-order chi connectivity index (χ1) is 9.63. The summed E-state index contributed by atoms with van der Waals surface area (Å²) in [5.41, 5.74) is 7.55. The van der Waals surface area contributed by atoms with Gasteiger partial charge >= 0.3 is 6.61 Å². The molecule has 1 aromatic heterocycles. The molecule has 2 aromatic rings. The molecule has 3 rings (SSSR count). The smallest absolute Gasteiger partial charge is 0.387 e. The second kappa shape index (κ2) is 5.36. The lowest BCUT2D eigenvalue weighted by molar-refractivity contribution is -0.0497. The zero-order chi connectivity index (χ0) is 14.1. The van der Waals surface area contributed by atoms with Gasteiger partial charge in [0, 0.05) is 18.2 Å². The molecule has 2 N–H and O–H groups in total. The van der Waals surface area contributed by atoms with Crippen LogP contribution in [0, 0.1) is 0 Å². The van der Waals surface area contributed by atoms with Crippen molar-refractivity contribution in [1.82, 2.24) is 9.55 Å². The van der Waals surface area contributed by atoms with E-state index in [1.807, 2.05) is 0 Å². The van der Waals surface area contributed by atoms with E-state index in [1.165, 1.54) is 0 Å². The SMILES string of the molecule is NC1CCC(n2cnc3cc(OC(F)F)ccc32)CC1. The Labute approximate surface area is 115 Å². The summed E-state index contributed by atoms with van der Waals surface area (Å²) in [5.74, 6) is 0.142. The standard InChI is InChI=1S/C14H17F2N3O/c15-14(16)20-11-5-6-13-12(7-11)18-8-19(13)10-3-1-9(17)2-4-10/h5-10,14H,1-4,17H2. The minimum atomic E-state index is -2.81. The quantitative estimate of drug-likeness (QED) is 0.940. The fraction of sp³-hybridized carbons (Fsp3) is 0.500. The first kappa shape index (κ1) is 13.3. The molecule has 0 radical (unpaired) electrons. The van der Waals surface area contributed by atoms with Gasteiger partial charge < -0.3 is 15.0 Å². The van der Waals surface area contributed by atoms with Gasteiger partial charge in [-0.25, -0.2) is 4.98 Å². The second-order valence-electron chi connectivity index (χ2n) is 5.25. The van der Waals surface area contributed by atoms with Gasteiger partial charge in [-0.2, -0.15) is 8.78 Å².